The van der Waals surface area contributed by atoms with Gasteiger partial charge in [-0.15, -0.1) is 15.3 Å². The molecule has 0 spiro atoms. The van der Waals surface area contributed by atoms with Crippen molar-refractivity contribution in [2.24, 2.45) is 0 Å². The largest absolute Gasteiger partial charge is 0.475 e. The fraction of sp³-hybridized carbons (Fsp3) is 0.214. The van der Waals surface area contributed by atoms with E-state index in [9.17, 15) is 0 Å². The molecule has 3 heterocycles. The Kier molecular flexibility index (Phi) is 4.33. The number of hydrogen-bond donors (Lipinski definition) is 0. The quantitative estimate of drug-likeness (QED) is 0.663. The highest BCUT2D eigenvalue weighted by Gasteiger charge is 2.09. The lowest BCUT2D eigenvalue weighted by atomic mass is 10.2. The predicted molar refractivity (Wildman–Crippen MR) is 83.5 cm³/mol. The van der Waals surface area contributed by atoms with E-state index < -0.39 is 0 Å². The molecule has 9 heteroatoms. The van der Waals surface area contributed by atoms with Crippen LogP contribution < -0.4 is 4.74 Å². The summed E-state index contributed by atoms with van der Waals surface area (Å²) in [6, 6.07) is 3.42. The predicted octanol–water partition coefficient (Wildman–Crippen LogP) is 2.79. The van der Waals surface area contributed by atoms with Gasteiger partial charge in [-0.05, 0) is 19.9 Å². The van der Waals surface area contributed by atoms with Gasteiger partial charge in [-0.25, -0.2) is 14.6 Å². The number of nitrogens with zero attached hydrogens (tertiary/aromatic N) is 6. The van der Waals surface area contributed by atoms with Gasteiger partial charge in [0, 0.05) is 23.9 Å². The van der Waals surface area contributed by atoms with Crippen molar-refractivity contribution < 1.29 is 9.15 Å². The Balaban J connectivity index is 1.83. The zero-order valence-corrected chi connectivity index (χ0v) is 13.2. The Morgan fingerprint density at radius 2 is 2.22 bits per heavy atom. The minimum Gasteiger partial charge on any atom is -0.475 e. The first kappa shape index (κ1) is 15.2. The van der Waals surface area contributed by atoms with Crippen LogP contribution in [0, 0.1) is 0 Å². The molecule has 3 aromatic heterocycles. The zero-order chi connectivity index (χ0) is 16.2. The normalized spacial score (nSPS) is 11.5. The van der Waals surface area contributed by atoms with Crippen LogP contribution in [0.5, 0.6) is 5.88 Å². The topological polar surface area (TPSA) is 91.8 Å². The van der Waals surface area contributed by atoms with Crippen molar-refractivity contribution in [3.63, 3.8) is 0 Å². The number of pyridine rings is 1. The van der Waals surface area contributed by atoms with E-state index in [2.05, 4.69) is 25.3 Å². The van der Waals surface area contributed by atoms with Gasteiger partial charge in [0.2, 0.25) is 18.2 Å². The molecule has 0 amide bonds. The minimum absolute atomic E-state index is 0.00308. The average Bonchev–Trinajstić information content (AvgIpc) is 3.15. The first-order valence-electron chi connectivity index (χ1n) is 6.80. The Labute approximate surface area is 136 Å². The van der Waals surface area contributed by atoms with Gasteiger partial charge < -0.3 is 9.15 Å². The molecule has 0 N–H and O–H groups in total. The lowest BCUT2D eigenvalue weighted by Gasteiger charge is -2.09. The summed E-state index contributed by atoms with van der Waals surface area (Å²) >= 11 is 6.02. The summed E-state index contributed by atoms with van der Waals surface area (Å²) < 4.78 is 12.1. The van der Waals surface area contributed by atoms with E-state index >= 15 is 0 Å². The molecule has 23 heavy (non-hydrogen) atoms. The maximum atomic E-state index is 6.02. The molecule has 0 saturated carbocycles. The number of halogens is 1. The van der Waals surface area contributed by atoms with Crippen LogP contribution in [0.1, 0.15) is 19.7 Å². The van der Waals surface area contributed by atoms with Crippen LogP contribution in [-0.2, 0) is 0 Å². The van der Waals surface area contributed by atoms with Gasteiger partial charge in [0.15, 0.2) is 5.82 Å². The molecule has 0 fully saturated rings. The lowest BCUT2D eigenvalue weighted by molar-refractivity contribution is 0.233. The first-order valence-corrected chi connectivity index (χ1v) is 7.18. The maximum absolute atomic E-state index is 6.02. The SMILES string of the molecule is CC(C)Oc1cc(-c2ncn(C=Cc3nnco3)n2)cc(Cl)n1. The molecule has 3 rings (SSSR count). The molecule has 8 nitrogen and oxygen atoms in total. The van der Waals surface area contributed by atoms with Crippen molar-refractivity contribution in [2.45, 2.75) is 20.0 Å². The van der Waals surface area contributed by atoms with Crippen LogP contribution in [0.4, 0.5) is 0 Å². The fourth-order valence-electron chi connectivity index (χ4n) is 1.78. The Morgan fingerprint density at radius 3 is 2.96 bits per heavy atom. The second-order valence-electron chi connectivity index (χ2n) is 4.82. The first-order chi connectivity index (χ1) is 11.1. The standard InChI is InChI=1S/C14H13ClN6O2/c1-9(2)23-13-6-10(5-11(15)18-13)14-16-7-21(20-14)4-3-12-19-17-8-22-12/h3-9H,1-2H3. The molecule has 0 atom stereocenters. The van der Waals surface area contributed by atoms with Crippen molar-refractivity contribution in [1.82, 2.24) is 29.9 Å². The summed E-state index contributed by atoms with van der Waals surface area (Å²) in [5.74, 6) is 1.31. The Hall–Kier alpha value is -2.74. The van der Waals surface area contributed by atoms with Crippen LogP contribution in [0.15, 0.2) is 29.3 Å². The molecule has 3 aromatic rings. The maximum Gasteiger partial charge on any atom is 0.241 e. The van der Waals surface area contributed by atoms with E-state index in [0.29, 0.717) is 28.3 Å². The fourth-order valence-corrected chi connectivity index (χ4v) is 1.98. The van der Waals surface area contributed by atoms with Crippen LogP contribution in [-0.4, -0.2) is 36.0 Å². The third-order valence-corrected chi connectivity index (χ3v) is 2.83. The van der Waals surface area contributed by atoms with Crippen LogP contribution in [0.2, 0.25) is 5.15 Å². The van der Waals surface area contributed by atoms with Gasteiger partial charge in [0.05, 0.1) is 6.10 Å². The molecular formula is C14H13ClN6O2. The molecule has 0 saturated heterocycles. The highest BCUT2D eigenvalue weighted by atomic mass is 35.5. The molecule has 0 radical (unpaired) electrons. The Bertz CT molecular complexity index is 813. The van der Waals surface area contributed by atoms with Crippen molar-refractivity contribution in [2.75, 3.05) is 0 Å². The van der Waals surface area contributed by atoms with E-state index in [4.69, 9.17) is 20.8 Å². The second kappa shape index (κ2) is 6.57. The Morgan fingerprint density at radius 1 is 1.35 bits per heavy atom. The highest BCUT2D eigenvalue weighted by Crippen LogP contribution is 2.23. The van der Waals surface area contributed by atoms with Crippen molar-refractivity contribution >= 4 is 23.9 Å². The molecule has 0 aromatic carbocycles. The van der Waals surface area contributed by atoms with Crippen molar-refractivity contribution in [3.05, 3.63) is 35.9 Å². The van der Waals surface area contributed by atoms with Gasteiger partial charge in [0.1, 0.15) is 11.5 Å². The van der Waals surface area contributed by atoms with Gasteiger partial charge in [-0.3, -0.25) is 0 Å². The summed E-state index contributed by atoms with van der Waals surface area (Å²) in [5, 5.41) is 12.0. The van der Waals surface area contributed by atoms with Crippen LogP contribution in [0.25, 0.3) is 23.7 Å². The van der Waals surface area contributed by atoms with Crippen LogP contribution in [0.3, 0.4) is 0 Å². The van der Waals surface area contributed by atoms with E-state index in [0.717, 1.165) is 0 Å². The summed E-state index contributed by atoms with van der Waals surface area (Å²) in [5.41, 5.74) is 0.714. The highest BCUT2D eigenvalue weighted by molar-refractivity contribution is 6.29. The van der Waals surface area contributed by atoms with Gasteiger partial charge in [-0.1, -0.05) is 11.6 Å². The third-order valence-electron chi connectivity index (χ3n) is 2.64. The molecule has 0 aliphatic rings. The number of rotatable bonds is 5. The smallest absolute Gasteiger partial charge is 0.241 e. The van der Waals surface area contributed by atoms with Crippen molar-refractivity contribution in [3.8, 4) is 17.3 Å². The summed E-state index contributed by atoms with van der Waals surface area (Å²) in [6.45, 7) is 3.83. The molecule has 0 bridgehead atoms. The van der Waals surface area contributed by atoms with Gasteiger partial charge >= 0.3 is 0 Å². The zero-order valence-electron chi connectivity index (χ0n) is 12.4. The molecule has 0 aliphatic carbocycles. The number of ether oxygens (including phenoxy) is 1. The number of aromatic nitrogens is 6. The molecule has 0 aliphatic heterocycles. The second-order valence-corrected chi connectivity index (χ2v) is 5.21. The third kappa shape index (κ3) is 3.92. The summed E-state index contributed by atoms with van der Waals surface area (Å²) in [4.78, 5) is 8.36. The molecule has 118 valence electrons. The molecule has 0 unspecified atom stereocenters. The van der Waals surface area contributed by atoms with E-state index in [-0.39, 0.29) is 6.10 Å². The number of hydrogen-bond acceptors (Lipinski definition) is 7. The lowest BCUT2D eigenvalue weighted by Crippen LogP contribution is -2.07. The minimum atomic E-state index is -0.00308. The summed E-state index contributed by atoms with van der Waals surface area (Å²) in [6.07, 6.45) is 6.08. The van der Waals surface area contributed by atoms with E-state index in [1.54, 1.807) is 30.7 Å². The van der Waals surface area contributed by atoms with E-state index in [1.807, 2.05) is 13.8 Å². The monoisotopic (exact) mass is 332 g/mol. The van der Waals surface area contributed by atoms with Crippen molar-refractivity contribution in [1.29, 1.82) is 0 Å². The molecular weight excluding hydrogens is 320 g/mol. The van der Waals surface area contributed by atoms with E-state index in [1.165, 1.54) is 11.1 Å². The van der Waals surface area contributed by atoms with Gasteiger partial charge in [0.25, 0.3) is 0 Å². The average molecular weight is 333 g/mol. The summed E-state index contributed by atoms with van der Waals surface area (Å²) in [7, 11) is 0. The van der Waals surface area contributed by atoms with Gasteiger partial charge in [-0.2, -0.15) is 0 Å². The van der Waals surface area contributed by atoms with Crippen LogP contribution >= 0.6 is 11.6 Å².